The van der Waals surface area contributed by atoms with E-state index >= 15 is 0 Å². The highest BCUT2D eigenvalue weighted by Gasteiger charge is 2.15. The van der Waals surface area contributed by atoms with Gasteiger partial charge in [0.1, 0.15) is 0 Å². The largest absolute Gasteiger partial charge is 0.309 e. The van der Waals surface area contributed by atoms with Crippen LogP contribution in [-0.4, -0.2) is 4.57 Å². The molecule has 1 nitrogen and oxygen atoms in total. The van der Waals surface area contributed by atoms with Crippen molar-refractivity contribution in [3.63, 3.8) is 0 Å². The van der Waals surface area contributed by atoms with E-state index in [2.05, 4.69) is 176 Å². The first-order chi connectivity index (χ1) is 21.6. The number of hydrogen-bond donors (Lipinski definition) is 0. The fourth-order valence-corrected chi connectivity index (χ4v) is 6.62. The second-order valence-corrected chi connectivity index (χ2v) is 12.0. The Labute approximate surface area is 258 Å². The molecule has 7 aromatic carbocycles. The normalized spacial score (nSPS) is 11.6. The van der Waals surface area contributed by atoms with Gasteiger partial charge in [-0.15, -0.1) is 0 Å². The van der Waals surface area contributed by atoms with Crippen molar-refractivity contribution in [2.24, 2.45) is 0 Å². The van der Waals surface area contributed by atoms with Crippen LogP contribution < -0.4 is 0 Å². The third kappa shape index (κ3) is 4.49. The van der Waals surface area contributed by atoms with E-state index in [9.17, 15) is 0 Å². The van der Waals surface area contributed by atoms with Crippen LogP contribution in [0.1, 0.15) is 25.3 Å². The molecule has 8 aromatic rings. The van der Waals surface area contributed by atoms with E-state index in [1.807, 2.05) is 0 Å². The van der Waals surface area contributed by atoms with Crippen molar-refractivity contribution in [2.45, 2.75) is 19.8 Å². The van der Waals surface area contributed by atoms with Gasteiger partial charge < -0.3 is 4.57 Å². The average Bonchev–Trinajstić information content (AvgIpc) is 3.41. The highest BCUT2D eigenvalue weighted by molar-refractivity contribution is 6.12. The lowest BCUT2D eigenvalue weighted by Crippen LogP contribution is -1.93. The summed E-state index contributed by atoms with van der Waals surface area (Å²) in [7, 11) is 0. The SMILES string of the molecule is CC(C)c1ccc(-c2ccc(-c3ccc4c(c3)c3cc(-c5cccc6ccccc56)ccc3n4-c3ccccc3)cc2)cc1. The number of aromatic nitrogens is 1. The second kappa shape index (κ2) is 10.7. The second-order valence-electron chi connectivity index (χ2n) is 12.0. The zero-order valence-electron chi connectivity index (χ0n) is 25.0. The van der Waals surface area contributed by atoms with Gasteiger partial charge in [0.15, 0.2) is 0 Å². The molecular formula is C43H33N. The van der Waals surface area contributed by atoms with Crippen LogP contribution in [0.15, 0.2) is 158 Å². The molecule has 210 valence electrons. The number of fused-ring (bicyclic) bond motifs is 4. The van der Waals surface area contributed by atoms with Gasteiger partial charge in [-0.1, -0.05) is 135 Å². The van der Waals surface area contributed by atoms with Crippen molar-refractivity contribution in [1.29, 1.82) is 0 Å². The van der Waals surface area contributed by atoms with Crippen LogP contribution in [0.3, 0.4) is 0 Å². The van der Waals surface area contributed by atoms with Crippen molar-refractivity contribution in [1.82, 2.24) is 4.57 Å². The first-order valence-corrected chi connectivity index (χ1v) is 15.5. The zero-order valence-corrected chi connectivity index (χ0v) is 25.0. The maximum Gasteiger partial charge on any atom is 0.0541 e. The summed E-state index contributed by atoms with van der Waals surface area (Å²) in [6, 6.07) is 57.8. The van der Waals surface area contributed by atoms with Crippen molar-refractivity contribution >= 4 is 32.6 Å². The van der Waals surface area contributed by atoms with Gasteiger partial charge in [0.05, 0.1) is 11.0 Å². The number of benzene rings is 7. The smallest absolute Gasteiger partial charge is 0.0541 e. The lowest BCUT2D eigenvalue weighted by molar-refractivity contribution is 0.867. The molecule has 0 bridgehead atoms. The van der Waals surface area contributed by atoms with Crippen LogP contribution in [0.2, 0.25) is 0 Å². The molecule has 0 N–H and O–H groups in total. The molecule has 0 spiro atoms. The topological polar surface area (TPSA) is 4.93 Å². The molecule has 1 heteroatoms. The van der Waals surface area contributed by atoms with Gasteiger partial charge >= 0.3 is 0 Å². The van der Waals surface area contributed by atoms with Crippen LogP contribution in [0.4, 0.5) is 0 Å². The van der Waals surface area contributed by atoms with Gasteiger partial charge in [-0.3, -0.25) is 0 Å². The van der Waals surface area contributed by atoms with E-state index in [1.165, 1.54) is 77.2 Å². The maximum absolute atomic E-state index is 2.39. The van der Waals surface area contributed by atoms with Gasteiger partial charge in [0.25, 0.3) is 0 Å². The van der Waals surface area contributed by atoms with Crippen LogP contribution in [0.25, 0.3) is 71.6 Å². The summed E-state index contributed by atoms with van der Waals surface area (Å²) in [5, 5.41) is 5.06. The Morgan fingerprint density at radius 2 is 0.932 bits per heavy atom. The Bertz CT molecular complexity index is 2260. The highest BCUT2D eigenvalue weighted by Crippen LogP contribution is 2.38. The predicted molar refractivity (Wildman–Crippen MR) is 189 cm³/mol. The number of para-hydroxylation sites is 1. The summed E-state index contributed by atoms with van der Waals surface area (Å²) in [4.78, 5) is 0. The number of nitrogens with zero attached hydrogens (tertiary/aromatic N) is 1. The Morgan fingerprint density at radius 1 is 0.409 bits per heavy atom. The molecule has 1 aromatic heterocycles. The minimum atomic E-state index is 0.539. The molecule has 0 amide bonds. The summed E-state index contributed by atoms with van der Waals surface area (Å²) in [6.45, 7) is 4.48. The fourth-order valence-electron chi connectivity index (χ4n) is 6.62. The third-order valence-corrected chi connectivity index (χ3v) is 9.01. The molecule has 0 atom stereocenters. The zero-order chi connectivity index (χ0) is 29.6. The van der Waals surface area contributed by atoms with Gasteiger partial charge in [0, 0.05) is 16.5 Å². The number of hydrogen-bond acceptors (Lipinski definition) is 0. The molecule has 0 aliphatic carbocycles. The van der Waals surface area contributed by atoms with E-state index < -0.39 is 0 Å². The van der Waals surface area contributed by atoms with Crippen LogP contribution in [-0.2, 0) is 0 Å². The highest BCUT2D eigenvalue weighted by atomic mass is 15.0. The van der Waals surface area contributed by atoms with Crippen LogP contribution in [0, 0.1) is 0 Å². The Kier molecular flexibility index (Phi) is 6.38. The molecule has 0 aliphatic heterocycles. The lowest BCUT2D eigenvalue weighted by atomic mass is 9.96. The lowest BCUT2D eigenvalue weighted by Gasteiger charge is -2.10. The van der Waals surface area contributed by atoms with Crippen molar-refractivity contribution in [2.75, 3.05) is 0 Å². The van der Waals surface area contributed by atoms with E-state index in [0.717, 1.165) is 0 Å². The van der Waals surface area contributed by atoms with Gasteiger partial charge in [-0.05, 0) is 92.0 Å². The fraction of sp³-hybridized carbons (Fsp3) is 0.0698. The summed E-state index contributed by atoms with van der Waals surface area (Å²) in [5.41, 5.74) is 12.4. The third-order valence-electron chi connectivity index (χ3n) is 9.01. The van der Waals surface area contributed by atoms with E-state index in [-0.39, 0.29) is 0 Å². The monoisotopic (exact) mass is 563 g/mol. The van der Waals surface area contributed by atoms with Crippen LogP contribution >= 0.6 is 0 Å². The molecule has 0 saturated carbocycles. The Morgan fingerprint density at radius 3 is 1.61 bits per heavy atom. The molecule has 44 heavy (non-hydrogen) atoms. The van der Waals surface area contributed by atoms with Gasteiger partial charge in [-0.25, -0.2) is 0 Å². The first-order valence-electron chi connectivity index (χ1n) is 15.5. The van der Waals surface area contributed by atoms with Crippen LogP contribution in [0.5, 0.6) is 0 Å². The minimum Gasteiger partial charge on any atom is -0.309 e. The Balaban J connectivity index is 1.27. The summed E-state index contributed by atoms with van der Waals surface area (Å²) >= 11 is 0. The summed E-state index contributed by atoms with van der Waals surface area (Å²) in [6.07, 6.45) is 0. The molecule has 0 unspecified atom stereocenters. The van der Waals surface area contributed by atoms with E-state index in [0.29, 0.717) is 5.92 Å². The molecular weight excluding hydrogens is 530 g/mol. The van der Waals surface area contributed by atoms with Crippen molar-refractivity contribution in [3.05, 3.63) is 163 Å². The summed E-state index contributed by atoms with van der Waals surface area (Å²) in [5.74, 6) is 0.539. The molecule has 0 aliphatic rings. The number of rotatable bonds is 5. The standard InChI is InChI=1S/C43H33N/c1-29(2)30-15-17-31(18-16-30)32-19-21-33(22-20-32)35-23-25-42-40(27-35)41-28-36(39-14-8-10-34-9-6-7-13-38(34)39)24-26-43(41)44(42)37-11-4-3-5-12-37/h3-29H,1-2H3. The first kappa shape index (κ1) is 26.2. The molecule has 0 radical (unpaired) electrons. The average molecular weight is 564 g/mol. The van der Waals surface area contributed by atoms with E-state index in [1.54, 1.807) is 0 Å². The summed E-state index contributed by atoms with van der Waals surface area (Å²) < 4.78 is 2.39. The van der Waals surface area contributed by atoms with Gasteiger partial charge in [-0.2, -0.15) is 0 Å². The molecule has 0 saturated heterocycles. The van der Waals surface area contributed by atoms with Crippen molar-refractivity contribution in [3.8, 4) is 39.1 Å². The predicted octanol–water partition coefficient (Wildman–Crippen LogP) is 12.1. The molecule has 1 heterocycles. The minimum absolute atomic E-state index is 0.539. The van der Waals surface area contributed by atoms with Gasteiger partial charge in [0.2, 0.25) is 0 Å². The van der Waals surface area contributed by atoms with Crippen molar-refractivity contribution < 1.29 is 0 Å². The Hall–Kier alpha value is -5.40. The van der Waals surface area contributed by atoms with E-state index in [4.69, 9.17) is 0 Å². The quantitative estimate of drug-likeness (QED) is 0.196. The molecule has 0 fully saturated rings. The molecule has 8 rings (SSSR count). The maximum atomic E-state index is 2.39.